The van der Waals surface area contributed by atoms with E-state index in [4.69, 9.17) is 9.15 Å². The molecule has 0 radical (unpaired) electrons. The van der Waals surface area contributed by atoms with E-state index in [2.05, 4.69) is 12.2 Å². The molecule has 8 heteroatoms. The van der Waals surface area contributed by atoms with E-state index in [0.29, 0.717) is 36.4 Å². The van der Waals surface area contributed by atoms with Gasteiger partial charge in [-0.25, -0.2) is 4.79 Å². The zero-order chi connectivity index (χ0) is 25.2. The minimum atomic E-state index is -0.839. The predicted octanol–water partition coefficient (Wildman–Crippen LogP) is 3.09. The Morgan fingerprint density at radius 3 is 2.89 bits per heavy atom. The summed E-state index contributed by atoms with van der Waals surface area (Å²) in [4.78, 5) is 39.2. The molecule has 2 aromatic rings. The molecule has 1 saturated carbocycles. The van der Waals surface area contributed by atoms with Crippen LogP contribution in [0.1, 0.15) is 63.5 Å². The highest BCUT2D eigenvalue weighted by Gasteiger charge is 2.43. The molecule has 3 atom stereocenters. The highest BCUT2D eigenvalue weighted by atomic mass is 16.5. The number of nitrogens with zero attached hydrogens (tertiary/aromatic N) is 1. The number of carbonyl (C=O) groups excluding carboxylic acids is 2. The molecule has 8 nitrogen and oxygen atoms in total. The molecule has 0 spiro atoms. The molecule has 1 aliphatic carbocycles. The number of carbonyl (C=O) groups is 2. The summed E-state index contributed by atoms with van der Waals surface area (Å²) in [6.45, 7) is 6.41. The van der Waals surface area contributed by atoms with E-state index in [1.165, 1.54) is 6.07 Å². The second kappa shape index (κ2) is 10.4. The van der Waals surface area contributed by atoms with Crippen LogP contribution in [-0.4, -0.2) is 53.2 Å². The van der Waals surface area contributed by atoms with Crippen molar-refractivity contribution in [3.05, 3.63) is 39.7 Å². The average Bonchev–Trinajstić information content (AvgIpc) is 2.83. The number of hydrogen-bond donors (Lipinski definition) is 2. The predicted molar refractivity (Wildman–Crippen MR) is 132 cm³/mol. The Morgan fingerprint density at radius 2 is 2.11 bits per heavy atom. The topological polar surface area (TPSA) is 109 Å². The number of fused-ring (bicyclic) bond motifs is 2. The fourth-order valence-electron chi connectivity index (χ4n) is 5.47. The Kier molecular flexibility index (Phi) is 7.50. The second-order valence-electron chi connectivity index (χ2n) is 10.0. The number of nitrogens with one attached hydrogen (secondary N) is 1. The number of aryl methyl sites for hydroxylation is 2. The largest absolute Gasteiger partial charge is 0.480 e. The van der Waals surface area contributed by atoms with Gasteiger partial charge in [-0.15, -0.1) is 0 Å². The van der Waals surface area contributed by atoms with Crippen molar-refractivity contribution in [3.8, 4) is 5.75 Å². The van der Waals surface area contributed by atoms with Crippen molar-refractivity contribution in [3.63, 3.8) is 0 Å². The smallest absolute Gasteiger partial charge is 0.336 e. The molecule has 2 heterocycles. The van der Waals surface area contributed by atoms with E-state index in [1.54, 1.807) is 24.8 Å². The van der Waals surface area contributed by atoms with Crippen LogP contribution in [0.3, 0.4) is 0 Å². The first-order valence-electron chi connectivity index (χ1n) is 12.7. The van der Waals surface area contributed by atoms with Crippen LogP contribution in [0.2, 0.25) is 0 Å². The number of hydrogen-bond acceptors (Lipinski definition) is 6. The molecule has 2 fully saturated rings. The third-order valence-corrected chi connectivity index (χ3v) is 7.58. The molecule has 4 rings (SSSR count). The molecule has 1 aromatic carbocycles. The maximum Gasteiger partial charge on any atom is 0.336 e. The molecule has 1 saturated heterocycles. The first-order valence-corrected chi connectivity index (χ1v) is 12.7. The number of benzene rings is 1. The van der Waals surface area contributed by atoms with Gasteiger partial charge in [0.05, 0.1) is 12.1 Å². The van der Waals surface area contributed by atoms with Crippen LogP contribution in [0.25, 0.3) is 11.0 Å². The summed E-state index contributed by atoms with van der Waals surface area (Å²) < 4.78 is 11.3. The molecular weight excluding hydrogens is 448 g/mol. The van der Waals surface area contributed by atoms with Gasteiger partial charge in [0.1, 0.15) is 11.3 Å². The summed E-state index contributed by atoms with van der Waals surface area (Å²) in [6, 6.07) is 5.16. The van der Waals surface area contributed by atoms with Crippen molar-refractivity contribution in [1.29, 1.82) is 0 Å². The fraction of sp³-hybridized carbons (Fsp3) is 0.593. The lowest BCUT2D eigenvalue weighted by Crippen LogP contribution is -2.56. The van der Waals surface area contributed by atoms with Crippen LogP contribution in [0, 0.1) is 12.8 Å². The van der Waals surface area contributed by atoms with Crippen molar-refractivity contribution < 1.29 is 23.8 Å². The molecular formula is C27H36N2O6. The van der Waals surface area contributed by atoms with E-state index in [9.17, 15) is 19.5 Å². The fourth-order valence-corrected chi connectivity index (χ4v) is 5.47. The summed E-state index contributed by atoms with van der Waals surface area (Å²) >= 11 is 0. The van der Waals surface area contributed by atoms with Gasteiger partial charge in [-0.2, -0.15) is 0 Å². The summed E-state index contributed by atoms with van der Waals surface area (Å²) in [7, 11) is 0. The van der Waals surface area contributed by atoms with Gasteiger partial charge >= 0.3 is 5.63 Å². The molecule has 190 valence electrons. The van der Waals surface area contributed by atoms with Gasteiger partial charge in [0.25, 0.3) is 5.91 Å². The maximum atomic E-state index is 12.7. The minimum Gasteiger partial charge on any atom is -0.480 e. The summed E-state index contributed by atoms with van der Waals surface area (Å²) in [5.74, 6) is 0.0204. The average molecular weight is 485 g/mol. The molecule has 2 aliphatic rings. The minimum absolute atomic E-state index is 0.108. The first kappa shape index (κ1) is 25.2. The summed E-state index contributed by atoms with van der Waals surface area (Å²) in [5, 5.41) is 14.4. The number of rotatable bonds is 7. The second-order valence-corrected chi connectivity index (χ2v) is 10.0. The van der Waals surface area contributed by atoms with E-state index in [1.807, 2.05) is 6.07 Å². The molecule has 1 aliphatic heterocycles. The molecule has 1 aromatic heterocycles. The van der Waals surface area contributed by atoms with Gasteiger partial charge in [0.2, 0.25) is 5.91 Å². The lowest BCUT2D eigenvalue weighted by Gasteiger charge is -2.47. The molecule has 0 unspecified atom stereocenters. The highest BCUT2D eigenvalue weighted by Crippen LogP contribution is 2.39. The van der Waals surface area contributed by atoms with Crippen LogP contribution in [0.15, 0.2) is 27.4 Å². The highest BCUT2D eigenvalue weighted by molar-refractivity contribution is 5.88. The summed E-state index contributed by atoms with van der Waals surface area (Å²) in [5.41, 5.74) is 1.00. The van der Waals surface area contributed by atoms with E-state index in [0.717, 1.165) is 49.5 Å². The number of piperidine rings is 1. The third-order valence-electron chi connectivity index (χ3n) is 7.58. The van der Waals surface area contributed by atoms with Crippen LogP contribution in [0.4, 0.5) is 0 Å². The van der Waals surface area contributed by atoms with Crippen molar-refractivity contribution in [2.45, 2.75) is 77.4 Å². The first-order chi connectivity index (χ1) is 16.7. The van der Waals surface area contributed by atoms with Gasteiger partial charge in [-0.1, -0.05) is 26.2 Å². The van der Waals surface area contributed by atoms with Crippen molar-refractivity contribution in [2.24, 2.45) is 5.92 Å². The van der Waals surface area contributed by atoms with Crippen molar-refractivity contribution in [1.82, 2.24) is 10.2 Å². The number of likely N-dealkylation sites (tertiary alicyclic amines) is 1. The zero-order valence-corrected chi connectivity index (χ0v) is 20.9. The Hall–Kier alpha value is -2.87. The molecule has 2 amide bonds. The number of amides is 2. The third kappa shape index (κ3) is 5.37. The van der Waals surface area contributed by atoms with Crippen molar-refractivity contribution >= 4 is 22.8 Å². The van der Waals surface area contributed by atoms with Gasteiger partial charge in [-0.05, 0) is 57.2 Å². The maximum absolute atomic E-state index is 12.7. The van der Waals surface area contributed by atoms with Crippen LogP contribution in [-0.2, 0) is 16.0 Å². The van der Waals surface area contributed by atoms with Crippen LogP contribution >= 0.6 is 0 Å². The number of ether oxygens (including phenoxy) is 1. The van der Waals surface area contributed by atoms with Crippen LogP contribution < -0.4 is 15.7 Å². The molecule has 0 bridgehead atoms. The number of aliphatic hydroxyl groups is 1. The lowest BCUT2D eigenvalue weighted by atomic mass is 9.71. The zero-order valence-electron chi connectivity index (χ0n) is 20.9. The van der Waals surface area contributed by atoms with E-state index < -0.39 is 23.2 Å². The van der Waals surface area contributed by atoms with Crippen molar-refractivity contribution in [2.75, 3.05) is 19.6 Å². The SMILES string of the molecule is CCCc1cc(=O)oc2c(C)c(O[C@H](C)C(=O)NCC(=O)N3CC[C@@]4(O)CCCC[C@@H]4C3)ccc12. The Bertz CT molecular complexity index is 1160. The standard InChI is InChI=1S/C27H36N2O6/c1-4-7-19-14-24(31)35-25-17(2)22(10-9-21(19)25)34-18(3)26(32)28-15-23(30)29-13-12-27(33)11-6-5-8-20(27)16-29/h9-10,14,18,20,33H,4-8,11-13,15-16H2,1-3H3,(H,28,32)/t18-,20-,27+/m1/s1. The quantitative estimate of drug-likeness (QED) is 0.585. The molecule has 35 heavy (non-hydrogen) atoms. The van der Waals surface area contributed by atoms with Gasteiger partial charge < -0.3 is 24.5 Å². The Balaban J connectivity index is 1.36. The van der Waals surface area contributed by atoms with E-state index >= 15 is 0 Å². The Morgan fingerprint density at radius 1 is 1.31 bits per heavy atom. The van der Waals surface area contributed by atoms with Gasteiger partial charge in [-0.3, -0.25) is 9.59 Å². The van der Waals surface area contributed by atoms with Gasteiger partial charge in [0, 0.05) is 36.0 Å². The van der Waals surface area contributed by atoms with Gasteiger partial charge in [0.15, 0.2) is 6.10 Å². The summed E-state index contributed by atoms with van der Waals surface area (Å²) in [6.07, 6.45) is 5.29. The lowest BCUT2D eigenvalue weighted by molar-refractivity contribution is -0.144. The Labute approximate surface area is 205 Å². The molecule has 2 N–H and O–H groups in total. The van der Waals surface area contributed by atoms with E-state index in [-0.39, 0.29) is 18.4 Å². The normalized spacial score (nSPS) is 23.0. The van der Waals surface area contributed by atoms with Crippen LogP contribution in [0.5, 0.6) is 5.75 Å². The monoisotopic (exact) mass is 484 g/mol.